The zero-order chi connectivity index (χ0) is 90.8. The number of alkyl halides is 3. The maximum Gasteiger partial charge on any atom is 0.416 e. The lowest BCUT2D eigenvalue weighted by atomic mass is 10.1. The van der Waals surface area contributed by atoms with E-state index in [9.17, 15) is 23.3 Å². The van der Waals surface area contributed by atoms with Crippen molar-refractivity contribution in [1.82, 2.24) is 19.6 Å². The Morgan fingerprint density at radius 1 is 0.387 bits per heavy atom. The Labute approximate surface area is 767 Å². The quantitative estimate of drug-likeness (QED) is 0.0159. The molecule has 8 rings (SSSR count). The third kappa shape index (κ3) is 50.9. The van der Waals surface area contributed by atoms with Crippen molar-refractivity contribution in [2.24, 2.45) is 0 Å². The maximum absolute atomic E-state index is 12.5. The molecule has 0 spiro atoms. The van der Waals surface area contributed by atoms with Crippen LogP contribution in [-0.2, 0) is 45.4 Å². The van der Waals surface area contributed by atoms with Crippen LogP contribution in [0.3, 0.4) is 0 Å². The number of nitro groups is 1. The van der Waals surface area contributed by atoms with E-state index in [0.717, 1.165) is 141 Å². The highest BCUT2D eigenvalue weighted by Gasteiger charge is 2.30. The molecule has 0 N–H and O–H groups in total. The first-order chi connectivity index (χ1) is 60.0. The minimum Gasteiger partial charge on any atom is -0.497 e. The summed E-state index contributed by atoms with van der Waals surface area (Å²) in [5, 5.41) is 10.8. The SMILES string of the molecule is C=CCN(CCCCC)Cc1cccc(Br)c1.C=CCN(CCCCCC)Cc1ccc(Br)cc1.C=CCN(CCCCCC)Cc1ccc(C)cc1.C=CCN(CCCCCCC)Cc1ccc(C(F)(F)F)cc1.CCCC(C)N(Cc1ccc(C)cc1)c1ccc(OC)cc1.CCCCCCCCN(Cc1ccc([N+](=O)[O-])cc1)c1ccc(OC)cc1. The second kappa shape index (κ2) is 69.1. The second-order valence-corrected chi connectivity index (χ2v) is 34.4. The number of ether oxygens (including phenoxy) is 2. The Kier molecular flexibility index (Phi) is 61.3. The van der Waals surface area contributed by atoms with Gasteiger partial charge in [0.05, 0.1) is 24.7 Å². The molecule has 0 amide bonds. The van der Waals surface area contributed by atoms with Crippen LogP contribution in [0, 0.1) is 24.0 Å². The van der Waals surface area contributed by atoms with Gasteiger partial charge in [0.1, 0.15) is 11.5 Å². The van der Waals surface area contributed by atoms with Gasteiger partial charge >= 0.3 is 6.18 Å². The van der Waals surface area contributed by atoms with E-state index in [2.05, 4.69) is 271 Å². The topological polar surface area (TPSA) is 81.0 Å². The van der Waals surface area contributed by atoms with Gasteiger partial charge in [-0.3, -0.25) is 29.7 Å². The average Bonchev–Trinajstić information content (AvgIpc) is 0.834. The minimum atomic E-state index is -4.27. The fourth-order valence-electron chi connectivity index (χ4n) is 14.3. The number of unbranched alkanes of at least 4 members (excludes halogenated alkanes) is 17. The zero-order valence-corrected chi connectivity index (χ0v) is 81.1. The van der Waals surface area contributed by atoms with E-state index in [0.29, 0.717) is 12.6 Å². The molecule has 0 aliphatic rings. The molecule has 1 atom stereocenters. The molecule has 0 aromatic heterocycles. The number of aryl methyl sites for hydroxylation is 2. The molecule has 124 heavy (non-hydrogen) atoms. The number of anilines is 2. The standard InChI is InChI=1S/C22H30N2O3.C20H27NO.C18H26F3N.C17H27N.C16H24BrN.C15H22BrN/c1-3-4-5-6-7-8-17-23(20-13-15-22(27-2)16-14-20)18-19-9-11-21(12-10-19)24(25)26;1-5-6-17(3)21(15-18-9-7-16(2)8-10-18)19-11-13-20(22-4)14-12-19;1-3-5-6-7-8-14-22(13-4-2)15-16-9-11-17(12-10-16)18(19,20)21;1-4-6-7-8-14-18(13-5-2)15-17-11-9-16(3)10-12-17;1-3-5-6-7-13-18(12-4-2)14-15-8-10-16(17)11-9-15;1-3-5-6-11-17(10-4-2)13-14-8-7-9-15(16)12-14/h9-16H,3-8,17-18H2,1-2H3;7-14,17H,5-6,15H2,1-4H3;4,9-12H,2-3,5-8,13-15H2,1H3;5,9-12H,2,4,6-8,13-15H2,1,3H3;4,8-11H,2-3,5-7,12-14H2,1H3;4,7-9,12H,2-3,5-6,10-11,13H2,1H3. The molecular weight excluding hydrogens is 1680 g/mol. The Morgan fingerprint density at radius 3 is 1.10 bits per heavy atom. The molecule has 0 saturated heterocycles. The molecule has 0 radical (unpaired) electrons. The second-order valence-electron chi connectivity index (χ2n) is 32.5. The smallest absolute Gasteiger partial charge is 0.416 e. The summed E-state index contributed by atoms with van der Waals surface area (Å²) in [7, 11) is 3.37. The first kappa shape index (κ1) is 110. The first-order valence-corrected chi connectivity index (χ1v) is 47.7. The summed E-state index contributed by atoms with van der Waals surface area (Å²) in [6, 6.07) is 64.1. The molecule has 682 valence electrons. The molecule has 0 aliphatic carbocycles. The highest BCUT2D eigenvalue weighted by atomic mass is 79.9. The van der Waals surface area contributed by atoms with Gasteiger partial charge in [-0.05, 0) is 204 Å². The number of non-ortho nitro benzene ring substituents is 1. The molecule has 0 bridgehead atoms. The van der Waals surface area contributed by atoms with Crippen LogP contribution in [0.4, 0.5) is 30.2 Å². The number of nitro benzene ring substituents is 1. The van der Waals surface area contributed by atoms with Crippen molar-refractivity contribution in [2.75, 3.05) is 82.9 Å². The van der Waals surface area contributed by atoms with E-state index in [1.807, 2.05) is 60.7 Å². The number of halogens is 5. The fourth-order valence-corrected chi connectivity index (χ4v) is 15.0. The van der Waals surface area contributed by atoms with Crippen molar-refractivity contribution in [1.29, 1.82) is 0 Å². The van der Waals surface area contributed by atoms with E-state index in [4.69, 9.17) is 9.47 Å². The van der Waals surface area contributed by atoms with E-state index in [1.165, 1.54) is 193 Å². The third-order valence-electron chi connectivity index (χ3n) is 21.5. The van der Waals surface area contributed by atoms with Crippen molar-refractivity contribution in [3.05, 3.63) is 314 Å². The minimum absolute atomic E-state index is 0.130. The Morgan fingerprint density at radius 2 is 0.718 bits per heavy atom. The van der Waals surface area contributed by atoms with Crippen LogP contribution in [0.2, 0.25) is 0 Å². The Balaban J connectivity index is 0.000000387. The first-order valence-electron chi connectivity index (χ1n) is 46.1. The summed E-state index contributed by atoms with van der Waals surface area (Å²) in [4.78, 5) is 24.9. The van der Waals surface area contributed by atoms with Crippen molar-refractivity contribution in [3.63, 3.8) is 0 Å². The van der Waals surface area contributed by atoms with E-state index in [1.54, 1.807) is 38.5 Å². The van der Waals surface area contributed by atoms with Crippen molar-refractivity contribution >= 4 is 48.9 Å². The predicted octanol–water partition coefficient (Wildman–Crippen LogP) is 31.0. The molecule has 0 saturated carbocycles. The lowest BCUT2D eigenvalue weighted by molar-refractivity contribution is -0.384. The highest BCUT2D eigenvalue weighted by molar-refractivity contribution is 9.10. The van der Waals surface area contributed by atoms with Crippen LogP contribution in [0.25, 0.3) is 0 Å². The molecule has 11 nitrogen and oxygen atoms in total. The zero-order valence-electron chi connectivity index (χ0n) is 77.9. The van der Waals surface area contributed by atoms with Crippen LogP contribution in [0.5, 0.6) is 11.5 Å². The summed E-state index contributed by atoms with van der Waals surface area (Å²) in [6.07, 6.45) is 34.0. The number of hydrogen-bond acceptors (Lipinski definition) is 10. The molecule has 16 heteroatoms. The lowest BCUT2D eigenvalue weighted by Crippen LogP contribution is -2.32. The molecular formula is C108H156Br2F3N7O4. The number of nitrogens with zero attached hydrogens (tertiary/aromatic N) is 7. The van der Waals surface area contributed by atoms with Gasteiger partial charge in [0.2, 0.25) is 0 Å². The summed E-state index contributed by atoms with van der Waals surface area (Å²) in [5.41, 5.74) is 12.0. The normalized spacial score (nSPS) is 11.2. The molecule has 8 aromatic rings. The Hall–Kier alpha value is -8.09. The summed E-state index contributed by atoms with van der Waals surface area (Å²) >= 11 is 6.99. The largest absolute Gasteiger partial charge is 0.497 e. The van der Waals surface area contributed by atoms with Gasteiger partial charge in [0, 0.05) is 110 Å². The van der Waals surface area contributed by atoms with Gasteiger partial charge < -0.3 is 19.3 Å². The molecule has 0 fully saturated rings. The molecule has 1 unspecified atom stereocenters. The lowest BCUT2D eigenvalue weighted by Gasteiger charge is -2.31. The van der Waals surface area contributed by atoms with Gasteiger partial charge in [-0.15, -0.1) is 26.3 Å². The van der Waals surface area contributed by atoms with Crippen molar-refractivity contribution in [2.45, 2.75) is 268 Å². The third-order valence-corrected chi connectivity index (χ3v) is 22.6. The van der Waals surface area contributed by atoms with Crippen LogP contribution in [0.15, 0.2) is 254 Å². The van der Waals surface area contributed by atoms with E-state index < -0.39 is 11.7 Å². The van der Waals surface area contributed by atoms with Gasteiger partial charge in [-0.1, -0.05) is 321 Å². The molecule has 0 aliphatic heterocycles. The Bertz CT molecular complexity index is 3930. The average molecular weight is 1830 g/mol. The van der Waals surface area contributed by atoms with E-state index in [-0.39, 0.29) is 10.6 Å². The number of benzene rings is 8. The van der Waals surface area contributed by atoms with Crippen LogP contribution >= 0.6 is 31.9 Å². The fraction of sp³-hybridized carbons (Fsp3) is 0.481. The van der Waals surface area contributed by atoms with Crippen LogP contribution in [-0.4, -0.2) is 104 Å². The van der Waals surface area contributed by atoms with Gasteiger partial charge in [0.25, 0.3) is 5.69 Å². The van der Waals surface area contributed by atoms with Gasteiger partial charge in [-0.2, -0.15) is 13.2 Å². The number of methoxy groups -OCH3 is 2. The van der Waals surface area contributed by atoms with E-state index >= 15 is 0 Å². The predicted molar refractivity (Wildman–Crippen MR) is 535 cm³/mol. The maximum atomic E-state index is 12.5. The number of hydrogen-bond donors (Lipinski definition) is 0. The van der Waals surface area contributed by atoms with Crippen LogP contribution < -0.4 is 19.3 Å². The molecule has 0 heterocycles. The van der Waals surface area contributed by atoms with Gasteiger partial charge in [-0.25, -0.2) is 0 Å². The number of rotatable bonds is 55. The van der Waals surface area contributed by atoms with Crippen LogP contribution in [0.1, 0.15) is 253 Å². The van der Waals surface area contributed by atoms with Crippen molar-refractivity contribution in [3.8, 4) is 11.5 Å². The molecule has 8 aromatic carbocycles. The van der Waals surface area contributed by atoms with Gasteiger partial charge in [0.15, 0.2) is 0 Å². The highest BCUT2D eigenvalue weighted by Crippen LogP contribution is 2.31. The summed E-state index contributed by atoms with van der Waals surface area (Å²) in [6.45, 7) is 49.8. The van der Waals surface area contributed by atoms with Crippen molar-refractivity contribution < 1.29 is 27.6 Å². The monoisotopic (exact) mass is 1830 g/mol. The summed E-state index contributed by atoms with van der Waals surface area (Å²) < 4.78 is 50.5. The summed E-state index contributed by atoms with van der Waals surface area (Å²) in [5.74, 6) is 1.75.